The molecule has 140 valence electrons. The predicted octanol–water partition coefficient (Wildman–Crippen LogP) is 3.82. The van der Waals surface area contributed by atoms with Crippen molar-refractivity contribution in [2.45, 2.75) is 37.9 Å². The van der Waals surface area contributed by atoms with E-state index < -0.39 is 10.5 Å². The minimum Gasteiger partial charge on any atom is -0.444 e. The first kappa shape index (κ1) is 18.5. The second-order valence-electron chi connectivity index (χ2n) is 7.39. The number of carbonyl (C=O) groups excluding carboxylic acids is 1. The Hall–Kier alpha value is -2.29. The van der Waals surface area contributed by atoms with Gasteiger partial charge in [-0.15, -0.1) is 0 Å². The van der Waals surface area contributed by atoms with Crippen LogP contribution in [0.15, 0.2) is 23.4 Å². The molecule has 8 nitrogen and oxygen atoms in total. The summed E-state index contributed by atoms with van der Waals surface area (Å²) in [5, 5.41) is 11.6. The Morgan fingerprint density at radius 2 is 2.27 bits per heavy atom. The Bertz CT molecular complexity index is 830. The van der Waals surface area contributed by atoms with Crippen molar-refractivity contribution in [2.75, 3.05) is 18.8 Å². The molecule has 0 spiro atoms. The lowest BCUT2D eigenvalue weighted by Gasteiger charge is -2.24. The van der Waals surface area contributed by atoms with Gasteiger partial charge in [0.15, 0.2) is 5.16 Å². The van der Waals surface area contributed by atoms with Crippen molar-refractivity contribution in [3.05, 3.63) is 28.3 Å². The second kappa shape index (κ2) is 7.14. The van der Waals surface area contributed by atoms with Crippen molar-refractivity contribution in [3.8, 4) is 0 Å². The van der Waals surface area contributed by atoms with E-state index in [-0.39, 0.29) is 11.8 Å². The van der Waals surface area contributed by atoms with Gasteiger partial charge in [0.25, 0.3) is 5.69 Å². The van der Waals surface area contributed by atoms with Crippen LogP contribution in [0.3, 0.4) is 0 Å². The first-order valence-corrected chi connectivity index (χ1v) is 9.45. The van der Waals surface area contributed by atoms with Crippen molar-refractivity contribution >= 4 is 34.6 Å². The van der Waals surface area contributed by atoms with Crippen LogP contribution in [0.4, 0.5) is 10.5 Å². The number of nitrogens with zero attached hydrogens (tertiary/aromatic N) is 3. The lowest BCUT2D eigenvalue weighted by atomic mass is 10.2. The van der Waals surface area contributed by atoms with E-state index in [1.807, 2.05) is 20.8 Å². The van der Waals surface area contributed by atoms with E-state index in [1.54, 1.807) is 22.7 Å². The van der Waals surface area contributed by atoms with Gasteiger partial charge in [-0.2, -0.15) is 0 Å². The Morgan fingerprint density at radius 3 is 2.96 bits per heavy atom. The summed E-state index contributed by atoms with van der Waals surface area (Å²) in [4.78, 5) is 31.9. The molecule has 1 N–H and O–H groups in total. The fourth-order valence-electron chi connectivity index (χ4n) is 2.81. The van der Waals surface area contributed by atoms with Gasteiger partial charge in [0, 0.05) is 31.0 Å². The number of ether oxygens (including phenoxy) is 1. The molecule has 2 heterocycles. The quantitative estimate of drug-likeness (QED) is 0.493. The monoisotopic (exact) mass is 378 g/mol. The Balaban J connectivity index is 1.56. The number of thioether (sulfide) groups is 1. The topological polar surface area (TPSA) is 101 Å². The van der Waals surface area contributed by atoms with E-state index in [0.29, 0.717) is 30.0 Å². The molecule has 1 aromatic heterocycles. The fraction of sp³-hybridized carbons (Fsp3) is 0.529. The smallest absolute Gasteiger partial charge is 0.410 e. The van der Waals surface area contributed by atoms with Crippen LogP contribution >= 0.6 is 11.8 Å². The molecule has 1 atom stereocenters. The highest BCUT2D eigenvalue weighted by Crippen LogP contribution is 2.28. The van der Waals surface area contributed by atoms with E-state index in [4.69, 9.17) is 4.74 Å². The van der Waals surface area contributed by atoms with Crippen LogP contribution in [0, 0.1) is 16.0 Å². The first-order valence-electron chi connectivity index (χ1n) is 8.46. The number of hydrogen-bond donors (Lipinski definition) is 1. The van der Waals surface area contributed by atoms with E-state index in [9.17, 15) is 14.9 Å². The summed E-state index contributed by atoms with van der Waals surface area (Å²) in [6.07, 6.45) is 0.666. The molecular formula is C17H22N4O4S. The Kier molecular flexibility index (Phi) is 5.08. The number of H-pyrrole nitrogens is 1. The molecule has 1 aromatic carbocycles. The number of aromatic amines is 1. The van der Waals surface area contributed by atoms with Crippen LogP contribution in [0.5, 0.6) is 0 Å². The van der Waals surface area contributed by atoms with Gasteiger partial charge in [-0.3, -0.25) is 10.1 Å². The zero-order valence-corrected chi connectivity index (χ0v) is 15.8. The molecule has 0 bridgehead atoms. The van der Waals surface area contributed by atoms with Gasteiger partial charge in [0.2, 0.25) is 0 Å². The number of nitrogens with one attached hydrogen (secondary N) is 1. The molecule has 1 aliphatic heterocycles. The zero-order valence-electron chi connectivity index (χ0n) is 15.0. The average Bonchev–Trinajstić information content (AvgIpc) is 3.17. The van der Waals surface area contributed by atoms with Crippen LogP contribution < -0.4 is 0 Å². The molecule has 0 unspecified atom stereocenters. The number of carbonyl (C=O) groups is 1. The maximum atomic E-state index is 12.1. The third-order valence-corrected chi connectivity index (χ3v) is 5.15. The number of benzene rings is 1. The minimum atomic E-state index is -0.485. The highest BCUT2D eigenvalue weighted by Gasteiger charge is 2.29. The summed E-state index contributed by atoms with van der Waals surface area (Å²) in [6.45, 7) is 6.96. The minimum absolute atomic E-state index is 0.0431. The molecule has 1 saturated heterocycles. The van der Waals surface area contributed by atoms with Crippen LogP contribution in [0.2, 0.25) is 0 Å². The number of nitro benzene ring substituents is 1. The fourth-order valence-corrected chi connectivity index (χ4v) is 3.82. The lowest BCUT2D eigenvalue weighted by molar-refractivity contribution is -0.384. The summed E-state index contributed by atoms with van der Waals surface area (Å²) in [6, 6.07) is 4.59. The molecule has 3 rings (SSSR count). The first-order chi connectivity index (χ1) is 12.2. The molecule has 26 heavy (non-hydrogen) atoms. The summed E-state index contributed by atoms with van der Waals surface area (Å²) in [5.41, 5.74) is 0.922. The number of fused-ring (bicyclic) bond motifs is 1. The Labute approximate surface area is 155 Å². The third-order valence-electron chi connectivity index (χ3n) is 4.05. The lowest BCUT2D eigenvalue weighted by Crippen LogP contribution is -2.35. The van der Waals surface area contributed by atoms with Gasteiger partial charge in [-0.1, -0.05) is 11.8 Å². The summed E-state index contributed by atoms with van der Waals surface area (Å²) >= 11 is 1.57. The highest BCUT2D eigenvalue weighted by atomic mass is 32.2. The molecule has 2 aromatic rings. The molecular weight excluding hydrogens is 356 g/mol. The number of non-ortho nitro benzene ring substituents is 1. The van der Waals surface area contributed by atoms with Gasteiger partial charge in [-0.05, 0) is 39.2 Å². The van der Waals surface area contributed by atoms with Gasteiger partial charge in [0.05, 0.1) is 16.0 Å². The number of hydrogen-bond acceptors (Lipinski definition) is 6. The van der Waals surface area contributed by atoms with Crippen molar-refractivity contribution in [1.29, 1.82) is 0 Å². The van der Waals surface area contributed by atoms with Crippen molar-refractivity contribution in [1.82, 2.24) is 14.9 Å². The van der Waals surface area contributed by atoms with Gasteiger partial charge in [0.1, 0.15) is 5.60 Å². The number of amides is 1. The largest absolute Gasteiger partial charge is 0.444 e. The Morgan fingerprint density at radius 1 is 1.50 bits per heavy atom. The normalized spacial score (nSPS) is 17.7. The number of aromatic nitrogens is 2. The average molecular weight is 378 g/mol. The summed E-state index contributed by atoms with van der Waals surface area (Å²) in [5.74, 6) is 1.19. The van der Waals surface area contributed by atoms with Crippen LogP contribution in [-0.2, 0) is 4.74 Å². The van der Waals surface area contributed by atoms with Gasteiger partial charge >= 0.3 is 6.09 Å². The summed E-state index contributed by atoms with van der Waals surface area (Å²) in [7, 11) is 0. The number of nitro groups is 1. The summed E-state index contributed by atoms with van der Waals surface area (Å²) < 4.78 is 5.41. The molecule has 1 amide bonds. The van der Waals surface area contributed by atoms with E-state index >= 15 is 0 Å². The molecule has 1 fully saturated rings. The third kappa shape index (κ3) is 4.46. The van der Waals surface area contributed by atoms with Crippen molar-refractivity contribution < 1.29 is 14.5 Å². The van der Waals surface area contributed by atoms with E-state index in [1.165, 1.54) is 12.1 Å². The predicted molar refractivity (Wildman–Crippen MR) is 99.4 cm³/mol. The maximum absolute atomic E-state index is 12.1. The number of rotatable bonds is 4. The maximum Gasteiger partial charge on any atom is 0.410 e. The van der Waals surface area contributed by atoms with Crippen molar-refractivity contribution in [3.63, 3.8) is 0 Å². The van der Waals surface area contributed by atoms with Gasteiger partial charge in [-0.25, -0.2) is 9.78 Å². The van der Waals surface area contributed by atoms with E-state index in [2.05, 4.69) is 9.97 Å². The van der Waals surface area contributed by atoms with Crippen LogP contribution in [-0.4, -0.2) is 50.3 Å². The highest BCUT2D eigenvalue weighted by molar-refractivity contribution is 7.99. The van der Waals surface area contributed by atoms with E-state index in [0.717, 1.165) is 17.3 Å². The molecule has 0 aliphatic carbocycles. The molecule has 1 aliphatic rings. The van der Waals surface area contributed by atoms with Gasteiger partial charge < -0.3 is 14.6 Å². The number of likely N-dealkylation sites (tertiary alicyclic amines) is 1. The standard InChI is InChI=1S/C17H22N4O4S/c1-17(2,3)25-16(22)20-7-6-11(9-20)10-26-15-18-13-5-4-12(21(23)24)8-14(13)19-15/h4-5,8,11H,6-7,9-10H2,1-3H3,(H,18,19)/t11-/m0/s1. The molecule has 0 saturated carbocycles. The SMILES string of the molecule is CC(C)(C)OC(=O)N1CC[C@H](CSc2nc3ccc([N+](=O)[O-])cc3[nH]2)C1. The molecule has 0 radical (unpaired) electrons. The second-order valence-corrected chi connectivity index (χ2v) is 8.40. The molecule has 9 heteroatoms. The van der Waals surface area contributed by atoms with Crippen LogP contribution in [0.25, 0.3) is 11.0 Å². The number of imidazole rings is 1. The van der Waals surface area contributed by atoms with Crippen molar-refractivity contribution in [2.24, 2.45) is 5.92 Å². The van der Waals surface area contributed by atoms with Crippen LogP contribution in [0.1, 0.15) is 27.2 Å². The zero-order chi connectivity index (χ0) is 18.9.